The molecule has 7 nitrogen and oxygen atoms in total. The summed E-state index contributed by atoms with van der Waals surface area (Å²) in [6.45, 7) is 5.33. The number of aromatic nitrogens is 4. The van der Waals surface area contributed by atoms with Crippen LogP contribution in [0.15, 0.2) is 36.5 Å². The van der Waals surface area contributed by atoms with Crippen LogP contribution in [0.25, 0.3) is 11.4 Å². The number of anilines is 2. The third-order valence-corrected chi connectivity index (χ3v) is 4.62. The van der Waals surface area contributed by atoms with Gasteiger partial charge in [-0.25, -0.2) is 9.97 Å². The Morgan fingerprint density at radius 1 is 1.13 bits per heavy atom. The molecule has 2 aromatic heterocycles. The van der Waals surface area contributed by atoms with Gasteiger partial charge in [-0.2, -0.15) is 18.3 Å². The first-order valence-electron chi connectivity index (χ1n) is 9.67. The van der Waals surface area contributed by atoms with Crippen LogP contribution < -0.4 is 10.6 Å². The van der Waals surface area contributed by atoms with E-state index in [0.717, 1.165) is 16.8 Å². The molecule has 0 bridgehead atoms. The Bertz CT molecular complexity index is 1070. The van der Waals surface area contributed by atoms with Gasteiger partial charge in [0.1, 0.15) is 17.4 Å². The summed E-state index contributed by atoms with van der Waals surface area (Å²) < 4.78 is 40.2. The first kappa shape index (κ1) is 22.3. The molecule has 1 amide bonds. The topological polar surface area (TPSA) is 84.7 Å². The van der Waals surface area contributed by atoms with E-state index in [9.17, 15) is 18.0 Å². The third-order valence-electron chi connectivity index (χ3n) is 4.62. The first-order chi connectivity index (χ1) is 14.6. The summed E-state index contributed by atoms with van der Waals surface area (Å²) in [7, 11) is 1.49. The molecule has 3 rings (SSSR count). The molecule has 2 N–H and O–H groups in total. The van der Waals surface area contributed by atoms with Crippen molar-refractivity contribution in [2.75, 3.05) is 5.32 Å². The van der Waals surface area contributed by atoms with Crippen LogP contribution >= 0.6 is 0 Å². The fourth-order valence-electron chi connectivity index (χ4n) is 3.19. The van der Waals surface area contributed by atoms with Crippen LogP contribution in [0.5, 0.6) is 0 Å². The van der Waals surface area contributed by atoms with Crippen molar-refractivity contribution in [1.29, 1.82) is 0 Å². The van der Waals surface area contributed by atoms with E-state index in [2.05, 4.69) is 20.4 Å². The summed E-state index contributed by atoms with van der Waals surface area (Å²) in [5, 5.41) is 9.37. The molecular formula is C21H23F3N6O. The van der Waals surface area contributed by atoms with E-state index in [1.54, 1.807) is 12.3 Å². The lowest BCUT2D eigenvalue weighted by atomic mass is 10.1. The van der Waals surface area contributed by atoms with Gasteiger partial charge >= 0.3 is 6.18 Å². The van der Waals surface area contributed by atoms with Crippen molar-refractivity contribution in [2.24, 2.45) is 7.05 Å². The predicted octanol–water partition coefficient (Wildman–Crippen LogP) is 4.31. The Kier molecular flexibility index (Phi) is 6.28. The minimum absolute atomic E-state index is 0.000121. The molecule has 164 valence electrons. The van der Waals surface area contributed by atoms with Crippen LogP contribution in [0.2, 0.25) is 0 Å². The number of carbonyl (C=O) groups is 1. The van der Waals surface area contributed by atoms with E-state index in [-0.39, 0.29) is 12.1 Å². The van der Waals surface area contributed by atoms with Gasteiger partial charge in [0.05, 0.1) is 5.69 Å². The van der Waals surface area contributed by atoms with Crippen molar-refractivity contribution in [3.8, 4) is 11.4 Å². The number of nitrogens with zero attached hydrogens (tertiary/aromatic N) is 4. The molecule has 2 heterocycles. The quantitative estimate of drug-likeness (QED) is 0.607. The standard InChI is InChI=1S/C21H23F3N6O/c1-5-18(21(22,23)24)28-19(31)17-11-16(29-30(17)4)15-6-7-25-20(27-15)26-14-9-12(2)8-13(3)10-14/h6-11,18H,5H2,1-4H3,(H,28,31)(H,25,26,27)/t18-/m1/s1. The number of aryl methyl sites for hydroxylation is 3. The van der Waals surface area contributed by atoms with Gasteiger partial charge in [0, 0.05) is 18.9 Å². The Morgan fingerprint density at radius 3 is 2.42 bits per heavy atom. The predicted molar refractivity (Wildman–Crippen MR) is 111 cm³/mol. The zero-order valence-corrected chi connectivity index (χ0v) is 17.6. The summed E-state index contributed by atoms with van der Waals surface area (Å²) in [5.74, 6) is -0.518. The van der Waals surface area contributed by atoms with Gasteiger partial charge in [-0.15, -0.1) is 0 Å². The number of hydrogen-bond acceptors (Lipinski definition) is 5. The van der Waals surface area contributed by atoms with E-state index in [1.807, 2.05) is 37.4 Å². The summed E-state index contributed by atoms with van der Waals surface area (Å²) in [4.78, 5) is 21.0. The van der Waals surface area contributed by atoms with E-state index in [0.29, 0.717) is 17.3 Å². The summed E-state index contributed by atoms with van der Waals surface area (Å²) >= 11 is 0. The lowest BCUT2D eigenvalue weighted by Crippen LogP contribution is -2.45. The molecule has 31 heavy (non-hydrogen) atoms. The summed E-state index contributed by atoms with van der Waals surface area (Å²) in [6, 6.07) is 7.05. The van der Waals surface area contributed by atoms with Crippen LogP contribution in [-0.2, 0) is 7.05 Å². The van der Waals surface area contributed by atoms with E-state index >= 15 is 0 Å². The molecule has 0 saturated heterocycles. The van der Waals surface area contributed by atoms with Crippen molar-refractivity contribution in [1.82, 2.24) is 25.1 Å². The summed E-state index contributed by atoms with van der Waals surface area (Å²) in [6.07, 6.45) is -3.24. The van der Waals surface area contributed by atoms with Crippen molar-refractivity contribution in [3.63, 3.8) is 0 Å². The maximum atomic E-state index is 13.0. The Morgan fingerprint density at radius 2 is 1.81 bits per heavy atom. The number of rotatable bonds is 6. The highest BCUT2D eigenvalue weighted by molar-refractivity contribution is 5.93. The lowest BCUT2D eigenvalue weighted by molar-refractivity contribution is -0.153. The SMILES string of the molecule is CC[C@@H](NC(=O)c1cc(-c2ccnc(Nc3cc(C)cc(C)c3)n2)nn1C)C(F)(F)F. The minimum Gasteiger partial charge on any atom is -0.339 e. The average Bonchev–Trinajstić information content (AvgIpc) is 3.06. The second-order valence-corrected chi connectivity index (χ2v) is 7.28. The van der Waals surface area contributed by atoms with E-state index in [1.165, 1.54) is 24.7 Å². The fraction of sp³-hybridized carbons (Fsp3) is 0.333. The van der Waals surface area contributed by atoms with E-state index in [4.69, 9.17) is 0 Å². The van der Waals surface area contributed by atoms with Gasteiger partial charge in [-0.1, -0.05) is 13.0 Å². The van der Waals surface area contributed by atoms with Gasteiger partial charge in [0.2, 0.25) is 5.95 Å². The molecule has 0 unspecified atom stereocenters. The van der Waals surface area contributed by atoms with Gasteiger partial charge in [0.25, 0.3) is 5.91 Å². The molecule has 0 aliphatic heterocycles. The number of nitrogens with one attached hydrogen (secondary N) is 2. The molecule has 1 atom stereocenters. The molecule has 10 heteroatoms. The van der Waals surface area contributed by atoms with Crippen molar-refractivity contribution < 1.29 is 18.0 Å². The number of carbonyl (C=O) groups excluding carboxylic acids is 1. The number of benzene rings is 1. The Labute approximate surface area is 177 Å². The first-order valence-corrected chi connectivity index (χ1v) is 9.67. The largest absolute Gasteiger partial charge is 0.408 e. The average molecular weight is 432 g/mol. The van der Waals surface area contributed by atoms with Gasteiger partial charge in [0.15, 0.2) is 0 Å². The number of amides is 1. The molecule has 0 saturated carbocycles. The van der Waals surface area contributed by atoms with Crippen LogP contribution in [0.1, 0.15) is 35.0 Å². The van der Waals surface area contributed by atoms with Crippen molar-refractivity contribution in [3.05, 3.63) is 53.3 Å². The van der Waals surface area contributed by atoms with E-state index < -0.39 is 18.1 Å². The van der Waals surface area contributed by atoms with Crippen LogP contribution in [-0.4, -0.2) is 37.9 Å². The molecule has 0 spiro atoms. The highest BCUT2D eigenvalue weighted by Gasteiger charge is 2.39. The second kappa shape index (κ2) is 8.75. The maximum Gasteiger partial charge on any atom is 0.408 e. The van der Waals surface area contributed by atoms with Gasteiger partial charge < -0.3 is 10.6 Å². The highest BCUT2D eigenvalue weighted by atomic mass is 19.4. The normalized spacial score (nSPS) is 12.5. The zero-order chi connectivity index (χ0) is 22.8. The van der Waals surface area contributed by atoms with Crippen LogP contribution in [0.3, 0.4) is 0 Å². The Balaban J connectivity index is 1.83. The van der Waals surface area contributed by atoms with Gasteiger partial charge in [-0.05, 0) is 55.7 Å². The van der Waals surface area contributed by atoms with Crippen LogP contribution in [0.4, 0.5) is 24.8 Å². The third kappa shape index (κ3) is 5.39. The van der Waals surface area contributed by atoms with Crippen LogP contribution in [0, 0.1) is 13.8 Å². The molecule has 0 aliphatic rings. The Hall–Kier alpha value is -3.43. The molecular weight excluding hydrogens is 409 g/mol. The molecule has 0 fully saturated rings. The lowest BCUT2D eigenvalue weighted by Gasteiger charge is -2.19. The van der Waals surface area contributed by atoms with Crippen molar-refractivity contribution in [2.45, 2.75) is 39.4 Å². The fourth-order valence-corrected chi connectivity index (χ4v) is 3.19. The molecule has 0 radical (unpaired) electrons. The number of halogens is 3. The maximum absolute atomic E-state index is 13.0. The molecule has 0 aliphatic carbocycles. The molecule has 3 aromatic rings. The zero-order valence-electron chi connectivity index (χ0n) is 17.6. The number of hydrogen-bond donors (Lipinski definition) is 2. The van der Waals surface area contributed by atoms with Gasteiger partial charge in [-0.3, -0.25) is 9.48 Å². The smallest absolute Gasteiger partial charge is 0.339 e. The second-order valence-electron chi connectivity index (χ2n) is 7.28. The van der Waals surface area contributed by atoms with Crippen molar-refractivity contribution >= 4 is 17.5 Å². The minimum atomic E-state index is -4.52. The highest BCUT2D eigenvalue weighted by Crippen LogP contribution is 2.24. The number of alkyl halides is 3. The summed E-state index contributed by atoms with van der Waals surface area (Å²) in [5.41, 5.74) is 3.78. The molecule has 1 aromatic carbocycles. The monoisotopic (exact) mass is 432 g/mol.